The predicted molar refractivity (Wildman–Crippen MR) is 58.7 cm³/mol. The van der Waals surface area contributed by atoms with E-state index in [0.29, 0.717) is 0 Å². The number of terminal acetylenes is 1. The van der Waals surface area contributed by atoms with Crippen LogP contribution in [0.4, 0.5) is 5.69 Å². The van der Waals surface area contributed by atoms with Gasteiger partial charge in [-0.2, -0.15) is 5.26 Å². The van der Waals surface area contributed by atoms with Crippen LogP contribution < -0.4 is 9.47 Å². The molecular formula is C11H8N2O4. The molecule has 86 valence electrons. The summed E-state index contributed by atoms with van der Waals surface area (Å²) in [4.78, 5) is 10.2. The number of benzene rings is 1. The van der Waals surface area contributed by atoms with Crippen molar-refractivity contribution in [3.8, 4) is 29.9 Å². The van der Waals surface area contributed by atoms with Crippen molar-refractivity contribution in [3.05, 3.63) is 27.8 Å². The van der Waals surface area contributed by atoms with Crippen molar-refractivity contribution in [1.82, 2.24) is 0 Å². The molecule has 0 heterocycles. The highest BCUT2D eigenvalue weighted by Gasteiger charge is 2.21. The smallest absolute Gasteiger partial charge is 0.316 e. The van der Waals surface area contributed by atoms with Gasteiger partial charge in [-0.15, -0.1) is 6.42 Å². The van der Waals surface area contributed by atoms with Crippen LogP contribution >= 0.6 is 0 Å². The Balaban J connectivity index is 3.38. The first-order valence-corrected chi connectivity index (χ1v) is 4.46. The molecule has 0 N–H and O–H groups in total. The lowest BCUT2D eigenvalue weighted by atomic mass is 10.1. The second kappa shape index (κ2) is 5.38. The Morgan fingerprint density at radius 3 is 2.76 bits per heavy atom. The molecule has 0 amide bonds. The van der Waals surface area contributed by atoms with Crippen LogP contribution in [-0.4, -0.2) is 18.6 Å². The van der Waals surface area contributed by atoms with Crippen LogP contribution in [0.5, 0.6) is 11.5 Å². The van der Waals surface area contributed by atoms with Gasteiger partial charge in [0.2, 0.25) is 5.75 Å². The van der Waals surface area contributed by atoms with Crippen molar-refractivity contribution >= 4 is 5.69 Å². The molecule has 0 radical (unpaired) electrons. The summed E-state index contributed by atoms with van der Waals surface area (Å²) in [5.41, 5.74) is -0.345. The number of ether oxygens (including phenoxy) is 2. The van der Waals surface area contributed by atoms with Crippen molar-refractivity contribution in [2.75, 3.05) is 13.7 Å². The number of nitro groups is 1. The Bertz CT molecular complexity index is 525. The zero-order valence-corrected chi connectivity index (χ0v) is 8.97. The minimum Gasteiger partial charge on any atom is -0.496 e. The Labute approximate surface area is 97.5 Å². The first-order valence-electron chi connectivity index (χ1n) is 4.46. The van der Waals surface area contributed by atoms with E-state index in [1.165, 1.54) is 19.2 Å². The second-order valence-electron chi connectivity index (χ2n) is 2.88. The molecule has 0 fully saturated rings. The van der Waals surface area contributed by atoms with Crippen LogP contribution in [0.25, 0.3) is 0 Å². The van der Waals surface area contributed by atoms with Crippen LogP contribution in [0.1, 0.15) is 5.56 Å². The van der Waals surface area contributed by atoms with Crippen molar-refractivity contribution < 1.29 is 14.4 Å². The molecule has 0 bridgehead atoms. The summed E-state index contributed by atoms with van der Waals surface area (Å²) in [6.45, 7) is -0.151. The van der Waals surface area contributed by atoms with Crippen molar-refractivity contribution in [3.63, 3.8) is 0 Å². The number of methoxy groups -OCH3 is 1. The van der Waals surface area contributed by atoms with Gasteiger partial charge in [-0.1, -0.05) is 5.92 Å². The highest BCUT2D eigenvalue weighted by Crippen LogP contribution is 2.35. The van der Waals surface area contributed by atoms with E-state index in [0.717, 1.165) is 0 Å². The summed E-state index contributed by atoms with van der Waals surface area (Å²) < 4.78 is 9.87. The fourth-order valence-electron chi connectivity index (χ4n) is 1.19. The lowest BCUT2D eigenvalue weighted by molar-refractivity contribution is -0.385. The summed E-state index contributed by atoms with van der Waals surface area (Å²) >= 11 is 0. The van der Waals surface area contributed by atoms with E-state index in [9.17, 15) is 10.1 Å². The van der Waals surface area contributed by atoms with Gasteiger partial charge in [-0.25, -0.2) is 0 Å². The number of nitrogens with zero attached hydrogens (tertiary/aromatic N) is 2. The predicted octanol–water partition coefficient (Wildman–Crippen LogP) is 1.49. The molecule has 17 heavy (non-hydrogen) atoms. The average molecular weight is 232 g/mol. The van der Waals surface area contributed by atoms with Gasteiger partial charge >= 0.3 is 5.69 Å². The number of nitriles is 1. The molecular weight excluding hydrogens is 224 g/mol. The molecule has 0 saturated carbocycles. The van der Waals surface area contributed by atoms with Crippen molar-refractivity contribution in [2.45, 2.75) is 0 Å². The fourth-order valence-corrected chi connectivity index (χ4v) is 1.19. The zero-order valence-electron chi connectivity index (χ0n) is 8.97. The van der Waals surface area contributed by atoms with Gasteiger partial charge in [0.05, 0.1) is 18.1 Å². The Hall–Kier alpha value is -2.73. The molecule has 0 unspecified atom stereocenters. The first-order chi connectivity index (χ1) is 8.13. The maximum absolute atomic E-state index is 10.8. The summed E-state index contributed by atoms with van der Waals surface area (Å²) in [5.74, 6) is 2.24. The Morgan fingerprint density at radius 1 is 1.59 bits per heavy atom. The number of rotatable bonds is 4. The van der Waals surface area contributed by atoms with Crippen LogP contribution in [-0.2, 0) is 0 Å². The van der Waals surface area contributed by atoms with Crippen LogP contribution in [0.3, 0.4) is 0 Å². The van der Waals surface area contributed by atoms with E-state index in [1.807, 2.05) is 0 Å². The molecule has 1 rings (SSSR count). The van der Waals surface area contributed by atoms with Gasteiger partial charge < -0.3 is 9.47 Å². The molecule has 0 aliphatic carbocycles. The standard InChI is InChI=1S/C11H8N2O4/c1-3-4-17-11-8(7-12)5-9(16-2)6-10(11)13(14)15/h1,5-6H,4H2,2H3. The van der Waals surface area contributed by atoms with Crippen LogP contribution in [0, 0.1) is 33.8 Å². The summed E-state index contributed by atoms with van der Waals surface area (Å²) in [6, 6.07) is 4.32. The quantitative estimate of drug-likeness (QED) is 0.446. The SMILES string of the molecule is C#CCOc1c(C#N)cc(OC)cc1[N+](=O)[O-]. The summed E-state index contributed by atoms with van der Waals surface area (Å²) in [7, 11) is 1.35. The van der Waals surface area contributed by atoms with Crippen LogP contribution in [0.15, 0.2) is 12.1 Å². The van der Waals surface area contributed by atoms with E-state index in [1.54, 1.807) is 6.07 Å². The number of nitro benzene ring substituents is 1. The Morgan fingerprint density at radius 2 is 2.29 bits per heavy atom. The van der Waals surface area contributed by atoms with Crippen LogP contribution in [0.2, 0.25) is 0 Å². The highest BCUT2D eigenvalue weighted by atomic mass is 16.6. The largest absolute Gasteiger partial charge is 0.496 e. The van der Waals surface area contributed by atoms with E-state index in [4.69, 9.17) is 21.2 Å². The Kier molecular flexibility index (Phi) is 3.91. The molecule has 1 aromatic carbocycles. The number of hydrogen-bond donors (Lipinski definition) is 0. The van der Waals surface area contributed by atoms with E-state index < -0.39 is 4.92 Å². The topological polar surface area (TPSA) is 85.4 Å². The number of hydrogen-bond acceptors (Lipinski definition) is 5. The minimum atomic E-state index is -0.658. The summed E-state index contributed by atoms with van der Waals surface area (Å²) in [6.07, 6.45) is 5.00. The molecule has 6 nitrogen and oxygen atoms in total. The van der Waals surface area contributed by atoms with Gasteiger partial charge in [0.1, 0.15) is 24.0 Å². The molecule has 0 aliphatic heterocycles. The molecule has 1 aromatic rings. The molecule has 0 spiro atoms. The molecule has 0 atom stereocenters. The monoisotopic (exact) mass is 232 g/mol. The van der Waals surface area contributed by atoms with Gasteiger partial charge in [-0.3, -0.25) is 10.1 Å². The van der Waals surface area contributed by atoms with E-state index in [2.05, 4.69) is 5.92 Å². The zero-order chi connectivity index (χ0) is 12.8. The maximum atomic E-state index is 10.8. The highest BCUT2D eigenvalue weighted by molar-refractivity contribution is 5.60. The normalized spacial score (nSPS) is 8.88. The minimum absolute atomic E-state index is 0.00583. The maximum Gasteiger partial charge on any atom is 0.316 e. The fraction of sp³-hybridized carbons (Fsp3) is 0.182. The molecule has 0 saturated heterocycles. The average Bonchev–Trinajstić information content (AvgIpc) is 2.35. The first kappa shape index (κ1) is 12.3. The lowest BCUT2D eigenvalue weighted by Gasteiger charge is -2.07. The van der Waals surface area contributed by atoms with E-state index in [-0.39, 0.29) is 29.4 Å². The van der Waals surface area contributed by atoms with Gasteiger partial charge in [0.25, 0.3) is 0 Å². The molecule has 6 heteroatoms. The molecule has 0 aliphatic rings. The third-order valence-corrected chi connectivity index (χ3v) is 1.90. The molecule has 0 aromatic heterocycles. The lowest BCUT2D eigenvalue weighted by Crippen LogP contribution is -2.01. The van der Waals surface area contributed by atoms with E-state index >= 15 is 0 Å². The third kappa shape index (κ3) is 2.64. The third-order valence-electron chi connectivity index (χ3n) is 1.90. The second-order valence-corrected chi connectivity index (χ2v) is 2.88. The van der Waals surface area contributed by atoms with Gasteiger partial charge in [0, 0.05) is 6.07 Å². The van der Waals surface area contributed by atoms with Gasteiger partial charge in [0.15, 0.2) is 0 Å². The van der Waals surface area contributed by atoms with Crippen molar-refractivity contribution in [2.24, 2.45) is 0 Å². The van der Waals surface area contributed by atoms with Gasteiger partial charge in [-0.05, 0) is 0 Å². The summed E-state index contributed by atoms with van der Waals surface area (Å²) in [5, 5.41) is 19.7. The van der Waals surface area contributed by atoms with Crippen molar-refractivity contribution in [1.29, 1.82) is 5.26 Å².